The summed E-state index contributed by atoms with van der Waals surface area (Å²) in [5, 5.41) is 12.6. The molecule has 20 heavy (non-hydrogen) atoms. The number of nitrogen functional groups attached to an aromatic ring is 1. The van der Waals surface area contributed by atoms with E-state index in [0.29, 0.717) is 27.3 Å². The van der Waals surface area contributed by atoms with E-state index >= 15 is 0 Å². The van der Waals surface area contributed by atoms with Gasteiger partial charge in [-0.2, -0.15) is 0 Å². The van der Waals surface area contributed by atoms with Crippen LogP contribution in [-0.4, -0.2) is 33.1 Å². The summed E-state index contributed by atoms with van der Waals surface area (Å²) in [6, 6.07) is -0.0458. The molecule has 2 aromatic rings. The first kappa shape index (κ1) is 13.3. The van der Waals surface area contributed by atoms with Gasteiger partial charge in [-0.15, -0.1) is 11.3 Å². The molecule has 1 aliphatic rings. The molecule has 106 valence electrons. The molecule has 7 heteroatoms. The molecule has 3 rings (SSSR count). The van der Waals surface area contributed by atoms with Gasteiger partial charge in [0.15, 0.2) is 0 Å². The van der Waals surface area contributed by atoms with Crippen LogP contribution in [0.5, 0.6) is 0 Å². The molecule has 1 aliphatic carbocycles. The number of nitrogens with zero attached hydrogens (tertiary/aromatic N) is 2. The number of aromatic nitrogens is 2. The average molecular weight is 292 g/mol. The van der Waals surface area contributed by atoms with E-state index < -0.39 is 0 Å². The van der Waals surface area contributed by atoms with Crippen LogP contribution in [0.25, 0.3) is 10.3 Å². The Morgan fingerprint density at radius 2 is 2.20 bits per heavy atom. The zero-order chi connectivity index (χ0) is 14.5. The van der Waals surface area contributed by atoms with Crippen molar-refractivity contribution >= 4 is 33.3 Å². The topological polar surface area (TPSA) is 101 Å². The molecular weight excluding hydrogens is 276 g/mol. The standard InChI is InChI=1S/C13H16N4O2S/c1-13(2)6(5-7(13)18)17-11(19)10-8(14)9-12(20-10)16-4-3-15-9/h3-4,6-7,18H,5,14H2,1-2H3,(H,17,19). The zero-order valence-electron chi connectivity index (χ0n) is 11.3. The number of nitrogens with two attached hydrogens (primary N) is 1. The highest BCUT2D eigenvalue weighted by Crippen LogP contribution is 2.41. The lowest BCUT2D eigenvalue weighted by molar-refractivity contribution is -0.0689. The van der Waals surface area contributed by atoms with Gasteiger partial charge in [0.2, 0.25) is 0 Å². The Bertz CT molecular complexity index is 682. The second-order valence-corrected chi connectivity index (χ2v) is 6.65. The maximum Gasteiger partial charge on any atom is 0.263 e. The first-order chi connectivity index (χ1) is 9.41. The molecule has 2 atom stereocenters. The Labute approximate surface area is 120 Å². The predicted molar refractivity (Wildman–Crippen MR) is 77.5 cm³/mol. The molecular formula is C13H16N4O2S. The van der Waals surface area contributed by atoms with Crippen molar-refractivity contribution in [3.8, 4) is 0 Å². The van der Waals surface area contributed by atoms with Crippen LogP contribution in [0.15, 0.2) is 12.4 Å². The smallest absolute Gasteiger partial charge is 0.263 e. The third-order valence-electron chi connectivity index (χ3n) is 4.09. The van der Waals surface area contributed by atoms with Gasteiger partial charge in [0.25, 0.3) is 5.91 Å². The van der Waals surface area contributed by atoms with Crippen molar-refractivity contribution in [2.75, 3.05) is 5.73 Å². The van der Waals surface area contributed by atoms with Gasteiger partial charge >= 0.3 is 0 Å². The molecule has 1 fully saturated rings. The van der Waals surface area contributed by atoms with Gasteiger partial charge in [-0.25, -0.2) is 9.97 Å². The first-order valence-corrected chi connectivity index (χ1v) is 7.21. The summed E-state index contributed by atoms with van der Waals surface area (Å²) in [6.07, 6.45) is 3.32. The Morgan fingerprint density at radius 1 is 1.50 bits per heavy atom. The maximum atomic E-state index is 12.3. The molecule has 0 spiro atoms. The van der Waals surface area contributed by atoms with E-state index in [1.807, 2.05) is 13.8 Å². The highest BCUT2D eigenvalue weighted by Gasteiger charge is 2.48. The van der Waals surface area contributed by atoms with Gasteiger partial charge in [0, 0.05) is 23.9 Å². The van der Waals surface area contributed by atoms with Crippen LogP contribution in [-0.2, 0) is 0 Å². The number of thiophene rings is 1. The van der Waals surface area contributed by atoms with Gasteiger partial charge < -0.3 is 16.2 Å². The first-order valence-electron chi connectivity index (χ1n) is 6.39. The van der Waals surface area contributed by atoms with E-state index in [1.54, 1.807) is 12.4 Å². The number of aliphatic hydroxyl groups excluding tert-OH is 1. The number of amides is 1. The van der Waals surface area contributed by atoms with Crippen molar-refractivity contribution in [3.63, 3.8) is 0 Å². The van der Waals surface area contributed by atoms with E-state index in [-0.39, 0.29) is 23.5 Å². The third-order valence-corrected chi connectivity index (χ3v) is 5.19. The molecule has 0 bridgehead atoms. The normalized spacial score (nSPS) is 24.4. The summed E-state index contributed by atoms with van der Waals surface area (Å²) < 4.78 is 0. The minimum absolute atomic E-state index is 0.0458. The minimum atomic E-state index is -0.379. The summed E-state index contributed by atoms with van der Waals surface area (Å²) in [5.41, 5.74) is 6.59. The number of carbonyl (C=O) groups excluding carboxylic acids is 1. The summed E-state index contributed by atoms with van der Waals surface area (Å²) in [7, 11) is 0. The number of aliphatic hydroxyl groups is 1. The molecule has 1 saturated carbocycles. The number of carbonyl (C=O) groups is 1. The van der Waals surface area contributed by atoms with Crippen molar-refractivity contribution in [2.45, 2.75) is 32.4 Å². The average Bonchev–Trinajstić information content (AvgIpc) is 2.76. The van der Waals surface area contributed by atoms with Gasteiger partial charge in [0.1, 0.15) is 15.2 Å². The van der Waals surface area contributed by atoms with Crippen molar-refractivity contribution in [2.24, 2.45) is 5.41 Å². The fourth-order valence-electron chi connectivity index (χ4n) is 2.38. The van der Waals surface area contributed by atoms with Crippen LogP contribution < -0.4 is 11.1 Å². The van der Waals surface area contributed by atoms with E-state index in [1.165, 1.54) is 11.3 Å². The van der Waals surface area contributed by atoms with Gasteiger partial charge in [-0.05, 0) is 6.42 Å². The van der Waals surface area contributed by atoms with Crippen LogP contribution in [0.2, 0.25) is 0 Å². The van der Waals surface area contributed by atoms with Crippen molar-refractivity contribution in [1.82, 2.24) is 15.3 Å². The lowest BCUT2D eigenvalue weighted by Gasteiger charge is -2.49. The van der Waals surface area contributed by atoms with Gasteiger partial charge in [0.05, 0.1) is 11.8 Å². The number of anilines is 1. The molecule has 2 heterocycles. The molecule has 0 radical (unpaired) electrons. The quantitative estimate of drug-likeness (QED) is 0.771. The molecule has 4 N–H and O–H groups in total. The Balaban J connectivity index is 1.85. The second kappa shape index (κ2) is 4.39. The van der Waals surface area contributed by atoms with E-state index in [2.05, 4.69) is 15.3 Å². The number of rotatable bonds is 2. The van der Waals surface area contributed by atoms with E-state index in [0.717, 1.165) is 0 Å². The Kier molecular flexibility index (Phi) is 2.91. The summed E-state index contributed by atoms with van der Waals surface area (Å²) >= 11 is 1.24. The lowest BCUT2D eigenvalue weighted by Crippen LogP contribution is -2.61. The van der Waals surface area contributed by atoms with Gasteiger partial charge in [-0.3, -0.25) is 4.79 Å². The van der Waals surface area contributed by atoms with Crippen molar-refractivity contribution in [1.29, 1.82) is 0 Å². The zero-order valence-corrected chi connectivity index (χ0v) is 12.1. The van der Waals surface area contributed by atoms with Gasteiger partial charge in [-0.1, -0.05) is 13.8 Å². The minimum Gasteiger partial charge on any atom is -0.396 e. The summed E-state index contributed by atoms with van der Waals surface area (Å²) in [4.78, 5) is 21.7. The molecule has 0 aromatic carbocycles. The van der Waals surface area contributed by atoms with Crippen LogP contribution >= 0.6 is 11.3 Å². The maximum absolute atomic E-state index is 12.3. The Hall–Kier alpha value is -1.73. The fraction of sp³-hybridized carbons (Fsp3) is 0.462. The number of nitrogens with one attached hydrogen (secondary N) is 1. The number of fused-ring (bicyclic) bond motifs is 1. The molecule has 1 amide bonds. The molecule has 2 unspecified atom stereocenters. The molecule has 0 saturated heterocycles. The predicted octanol–water partition coefficient (Wildman–Crippen LogP) is 1.16. The SMILES string of the molecule is CC1(C)C(O)CC1NC(=O)c1sc2nccnc2c1N. The second-order valence-electron chi connectivity index (χ2n) is 5.65. The number of hydrogen-bond acceptors (Lipinski definition) is 6. The largest absolute Gasteiger partial charge is 0.396 e. The monoisotopic (exact) mass is 292 g/mol. The Morgan fingerprint density at radius 3 is 2.80 bits per heavy atom. The van der Waals surface area contributed by atoms with Crippen LogP contribution in [0.1, 0.15) is 29.9 Å². The van der Waals surface area contributed by atoms with Crippen LogP contribution in [0, 0.1) is 5.41 Å². The number of hydrogen-bond donors (Lipinski definition) is 3. The van der Waals surface area contributed by atoms with Crippen molar-refractivity contribution < 1.29 is 9.90 Å². The van der Waals surface area contributed by atoms with E-state index in [9.17, 15) is 9.90 Å². The summed E-state index contributed by atoms with van der Waals surface area (Å²) in [5.74, 6) is -0.225. The van der Waals surface area contributed by atoms with Crippen molar-refractivity contribution in [3.05, 3.63) is 17.3 Å². The van der Waals surface area contributed by atoms with Crippen LogP contribution in [0.3, 0.4) is 0 Å². The fourth-order valence-corrected chi connectivity index (χ4v) is 3.31. The van der Waals surface area contributed by atoms with Crippen LogP contribution in [0.4, 0.5) is 5.69 Å². The summed E-state index contributed by atoms with van der Waals surface area (Å²) in [6.45, 7) is 3.87. The molecule has 2 aromatic heterocycles. The highest BCUT2D eigenvalue weighted by molar-refractivity contribution is 7.21. The molecule has 6 nitrogen and oxygen atoms in total. The molecule has 0 aliphatic heterocycles. The third kappa shape index (κ3) is 1.85. The lowest BCUT2D eigenvalue weighted by atomic mass is 9.64. The highest BCUT2D eigenvalue weighted by atomic mass is 32.1. The van der Waals surface area contributed by atoms with E-state index in [4.69, 9.17) is 5.73 Å².